The topological polar surface area (TPSA) is 251 Å². The van der Waals surface area contributed by atoms with Crippen LogP contribution in [0, 0.1) is 0 Å². The number of hydrogen-bond acceptors (Lipinski definition) is 13. The number of methoxy groups -OCH3 is 2. The van der Waals surface area contributed by atoms with Crippen LogP contribution in [-0.4, -0.2) is 118 Å². The van der Waals surface area contributed by atoms with Crippen molar-refractivity contribution < 1.29 is 72.2 Å². The fourth-order valence-corrected chi connectivity index (χ4v) is 9.67. The molecule has 3 N–H and O–H groups in total. The molecule has 2 unspecified atom stereocenters. The minimum atomic E-state index is -4.61. The van der Waals surface area contributed by atoms with Crippen molar-refractivity contribution in [2.24, 2.45) is 0 Å². The maximum Gasteiger partial charge on any atom is 0.333 e. The zero-order valence-corrected chi connectivity index (χ0v) is 37.5. The first kappa shape index (κ1) is 48.4. The molecule has 2 amide bonds. The Labute approximate surface area is 361 Å². The molecule has 62 heavy (non-hydrogen) atoms. The van der Waals surface area contributed by atoms with Gasteiger partial charge in [0.2, 0.25) is 5.69 Å². The SMILES string of the molecule is COCC[N+]1=C(/C=C/C(C)=C/C=C2/N(CCCC(=O)ON3C(=O)CCC3=O)c3ccc(S(=O)(=O)O)cc3C2(C)CCOC)C(C)(CCCS(=O)(=O)O)c2cc(S(=O)(=O)O)ccc21. The summed E-state index contributed by atoms with van der Waals surface area (Å²) in [4.78, 5) is 43.1. The summed E-state index contributed by atoms with van der Waals surface area (Å²) in [6.45, 7) is 6.61. The van der Waals surface area contributed by atoms with Crippen molar-refractivity contribution in [3.63, 3.8) is 0 Å². The lowest BCUT2D eigenvalue weighted by Crippen LogP contribution is -2.33. The van der Waals surface area contributed by atoms with Crippen LogP contribution in [0.4, 0.5) is 11.4 Å². The molecule has 0 bridgehead atoms. The van der Waals surface area contributed by atoms with Crippen LogP contribution >= 0.6 is 0 Å². The molecule has 2 atom stereocenters. The third kappa shape index (κ3) is 10.8. The van der Waals surface area contributed by atoms with Gasteiger partial charge < -0.3 is 19.2 Å². The predicted molar refractivity (Wildman–Crippen MR) is 226 cm³/mol. The molecule has 18 nitrogen and oxygen atoms in total. The van der Waals surface area contributed by atoms with Crippen molar-refractivity contribution in [1.82, 2.24) is 5.06 Å². The summed E-state index contributed by atoms with van der Waals surface area (Å²) in [6, 6.07) is 8.46. The Kier molecular flexibility index (Phi) is 14.8. The first-order valence-electron chi connectivity index (χ1n) is 19.7. The molecule has 21 heteroatoms. The van der Waals surface area contributed by atoms with Crippen LogP contribution in [0.1, 0.15) is 76.8 Å². The number of anilines is 1. The van der Waals surface area contributed by atoms with Crippen LogP contribution in [0.3, 0.4) is 0 Å². The molecule has 2 aromatic carbocycles. The Morgan fingerprint density at radius 3 is 2.05 bits per heavy atom. The van der Waals surface area contributed by atoms with Crippen molar-refractivity contribution >= 4 is 65.2 Å². The highest BCUT2D eigenvalue weighted by Crippen LogP contribution is 2.51. The first-order chi connectivity index (χ1) is 28.9. The fraction of sp³-hybridized carbons (Fsp3) is 0.463. The number of carbonyl (C=O) groups is 3. The van der Waals surface area contributed by atoms with E-state index in [1.165, 1.54) is 38.5 Å². The molecule has 0 aromatic heterocycles. The number of fused-ring (bicyclic) bond motifs is 2. The van der Waals surface area contributed by atoms with Gasteiger partial charge in [-0.3, -0.25) is 23.2 Å². The van der Waals surface area contributed by atoms with Gasteiger partial charge in [0.05, 0.1) is 21.0 Å². The number of ether oxygens (including phenoxy) is 2. The minimum absolute atomic E-state index is 0.0171. The van der Waals surface area contributed by atoms with E-state index in [0.29, 0.717) is 57.5 Å². The van der Waals surface area contributed by atoms with E-state index in [-0.39, 0.29) is 68.1 Å². The molecular formula is C41H52N3O15S3+. The molecule has 5 rings (SSSR count). The molecule has 3 heterocycles. The number of hydrogen-bond donors (Lipinski definition) is 3. The zero-order valence-electron chi connectivity index (χ0n) is 35.1. The second-order valence-electron chi connectivity index (χ2n) is 15.7. The molecule has 0 radical (unpaired) electrons. The summed E-state index contributed by atoms with van der Waals surface area (Å²) in [5, 5.41) is 0.483. The average Bonchev–Trinajstić information content (AvgIpc) is 3.72. The Morgan fingerprint density at radius 1 is 0.839 bits per heavy atom. The van der Waals surface area contributed by atoms with Crippen molar-refractivity contribution in [3.05, 3.63) is 83.1 Å². The highest BCUT2D eigenvalue weighted by Gasteiger charge is 2.48. The Balaban J connectivity index is 1.56. The van der Waals surface area contributed by atoms with Gasteiger partial charge in [-0.25, -0.2) is 4.79 Å². The lowest BCUT2D eigenvalue weighted by molar-refractivity contribution is -0.441. The maximum absolute atomic E-state index is 12.8. The number of imide groups is 1. The highest BCUT2D eigenvalue weighted by molar-refractivity contribution is 7.86. The molecule has 3 aliphatic rings. The van der Waals surface area contributed by atoms with Crippen LogP contribution in [0.5, 0.6) is 0 Å². The molecule has 1 saturated heterocycles. The summed E-state index contributed by atoms with van der Waals surface area (Å²) in [6.07, 6.45) is 7.80. The third-order valence-electron chi connectivity index (χ3n) is 11.4. The van der Waals surface area contributed by atoms with Gasteiger partial charge in [0.15, 0.2) is 12.3 Å². The lowest BCUT2D eigenvalue weighted by Gasteiger charge is -2.30. The zero-order chi connectivity index (χ0) is 45.8. The molecule has 0 saturated carbocycles. The number of carbonyl (C=O) groups excluding carboxylic acids is 3. The van der Waals surface area contributed by atoms with Gasteiger partial charge in [-0.15, -0.1) is 5.06 Å². The second kappa shape index (κ2) is 19.0. The number of benzene rings is 2. The van der Waals surface area contributed by atoms with E-state index in [1.807, 2.05) is 54.6 Å². The summed E-state index contributed by atoms with van der Waals surface area (Å²) >= 11 is 0. The van der Waals surface area contributed by atoms with Crippen LogP contribution in [-0.2, 0) is 69.9 Å². The largest absolute Gasteiger partial charge is 0.385 e. The molecule has 2 aromatic rings. The summed E-state index contributed by atoms with van der Waals surface area (Å²) in [5.74, 6) is -2.53. The van der Waals surface area contributed by atoms with Gasteiger partial charge in [0.25, 0.3) is 42.2 Å². The van der Waals surface area contributed by atoms with Gasteiger partial charge >= 0.3 is 5.97 Å². The third-order valence-corrected chi connectivity index (χ3v) is 13.9. The molecule has 0 aliphatic carbocycles. The number of amides is 2. The van der Waals surface area contributed by atoms with E-state index in [0.717, 1.165) is 0 Å². The second-order valence-corrected chi connectivity index (χ2v) is 20.1. The summed E-state index contributed by atoms with van der Waals surface area (Å²) in [5.41, 5.74) is 2.48. The minimum Gasteiger partial charge on any atom is -0.385 e. The molecule has 1 fully saturated rings. The number of allylic oxidation sites excluding steroid dienone is 6. The monoisotopic (exact) mass is 922 g/mol. The van der Waals surface area contributed by atoms with Crippen LogP contribution in [0.15, 0.2) is 81.8 Å². The Bertz CT molecular complexity index is 2570. The molecular weight excluding hydrogens is 871 g/mol. The molecule has 338 valence electrons. The van der Waals surface area contributed by atoms with E-state index in [9.17, 15) is 53.3 Å². The Hall–Kier alpha value is -4.61. The van der Waals surface area contributed by atoms with E-state index >= 15 is 0 Å². The number of rotatable bonds is 20. The van der Waals surface area contributed by atoms with Crippen LogP contribution < -0.4 is 4.90 Å². The van der Waals surface area contributed by atoms with Crippen LogP contribution in [0.2, 0.25) is 0 Å². The fourth-order valence-electron chi connectivity index (χ4n) is 8.15. The van der Waals surface area contributed by atoms with Gasteiger partial charge in [-0.1, -0.05) is 17.7 Å². The van der Waals surface area contributed by atoms with E-state index < -0.39 is 64.7 Å². The normalized spacial score (nSPS) is 21.5. The summed E-state index contributed by atoms with van der Waals surface area (Å²) < 4.78 is 115. The van der Waals surface area contributed by atoms with E-state index in [2.05, 4.69) is 0 Å². The van der Waals surface area contributed by atoms with Crippen LogP contribution in [0.25, 0.3) is 0 Å². The van der Waals surface area contributed by atoms with Gasteiger partial charge in [0, 0.05) is 81.1 Å². The predicted octanol–water partition coefficient (Wildman–Crippen LogP) is 4.44. The smallest absolute Gasteiger partial charge is 0.333 e. The van der Waals surface area contributed by atoms with Gasteiger partial charge in [-0.05, 0) is 88.4 Å². The number of hydroxylamine groups is 2. The number of nitrogens with zero attached hydrogens (tertiary/aromatic N) is 3. The lowest BCUT2D eigenvalue weighted by atomic mass is 9.75. The van der Waals surface area contributed by atoms with Crippen molar-refractivity contribution in [2.75, 3.05) is 51.2 Å². The molecule has 3 aliphatic heterocycles. The van der Waals surface area contributed by atoms with Crippen molar-refractivity contribution in [1.29, 1.82) is 0 Å². The Morgan fingerprint density at radius 2 is 1.45 bits per heavy atom. The summed E-state index contributed by atoms with van der Waals surface area (Å²) in [7, 11) is -10.5. The first-order valence-corrected chi connectivity index (χ1v) is 24.2. The van der Waals surface area contributed by atoms with Crippen molar-refractivity contribution in [2.45, 2.75) is 86.3 Å². The van der Waals surface area contributed by atoms with Crippen molar-refractivity contribution in [3.8, 4) is 0 Å². The van der Waals surface area contributed by atoms with E-state index in [1.54, 1.807) is 12.1 Å². The van der Waals surface area contributed by atoms with E-state index in [4.69, 9.17) is 14.3 Å². The highest BCUT2D eigenvalue weighted by atomic mass is 32.2. The van der Waals surface area contributed by atoms with Gasteiger partial charge in [0.1, 0.15) is 6.61 Å². The standard InChI is InChI=1S/C41H51N3O15S3/c1-28(9-15-35-40(2,19-7-25-60(48,49)50)31-26-29(61(51,52)53)12-14-34(31)43(35)22-24-58-5)10-16-36-41(3,20-23-57-4)32-27-30(62(54,55)56)11-13-33(32)42(36)21-6-8-39(47)59-44-37(45)17-18-38(44)46/h9-16,26-27H,6-8,17-25H2,1-5H3,(H2-,48,49,50,51,52,53,54,55,56)/p+1. The quantitative estimate of drug-likeness (QED) is 0.0719. The average molecular weight is 923 g/mol. The van der Waals surface area contributed by atoms with Gasteiger partial charge in [-0.2, -0.15) is 29.8 Å². The maximum atomic E-state index is 12.8. The molecule has 0 spiro atoms.